The summed E-state index contributed by atoms with van der Waals surface area (Å²) in [6, 6.07) is 11.2. The Kier molecular flexibility index (Phi) is 8.29. The Hall–Kier alpha value is -3.06. The lowest BCUT2D eigenvalue weighted by Crippen LogP contribution is -2.31. The average Bonchev–Trinajstić information content (AvgIpc) is 3.40. The molecule has 1 fully saturated rings. The molecule has 0 radical (unpaired) electrons. The van der Waals surface area contributed by atoms with E-state index in [1.54, 1.807) is 7.05 Å². The first-order valence-corrected chi connectivity index (χ1v) is 12.0. The fourth-order valence-electron chi connectivity index (χ4n) is 3.52. The second kappa shape index (κ2) is 11.6. The molecule has 0 aliphatic carbocycles. The minimum Gasteiger partial charge on any atom is -0.388 e. The van der Waals surface area contributed by atoms with Crippen molar-refractivity contribution in [2.75, 3.05) is 12.3 Å². The molecule has 1 unspecified atom stereocenters. The molecule has 1 aliphatic heterocycles. The van der Waals surface area contributed by atoms with Crippen molar-refractivity contribution in [2.45, 2.75) is 38.0 Å². The summed E-state index contributed by atoms with van der Waals surface area (Å²) < 4.78 is 20.5. The third-order valence-electron chi connectivity index (χ3n) is 5.40. The number of benzene rings is 1. The van der Waals surface area contributed by atoms with Crippen LogP contribution in [0, 0.1) is 4.91 Å². The van der Waals surface area contributed by atoms with Crippen molar-refractivity contribution in [3.8, 4) is 0 Å². The Balaban J connectivity index is 1.37. The van der Waals surface area contributed by atoms with E-state index in [1.165, 1.54) is 27.6 Å². The van der Waals surface area contributed by atoms with Crippen molar-refractivity contribution in [1.29, 1.82) is 0 Å². The van der Waals surface area contributed by atoms with Gasteiger partial charge in [0.1, 0.15) is 11.9 Å². The van der Waals surface area contributed by atoms with E-state index in [4.69, 9.17) is 19.5 Å². The van der Waals surface area contributed by atoms with Gasteiger partial charge in [-0.05, 0) is 11.6 Å². The summed E-state index contributed by atoms with van der Waals surface area (Å²) >= 11 is 0. The second-order valence-corrected chi connectivity index (χ2v) is 9.19. The SMILES string of the molecule is Cn1c(COP(NCc2ccccc2)OC[C@@H]2C[C@H](O)[C@H](n3ccc(N)nc3=O)O2)cnc1N=O. The van der Waals surface area contributed by atoms with Crippen LogP contribution in [-0.4, -0.2) is 43.0 Å². The number of imidazole rings is 1. The number of nitrogen functional groups attached to an aromatic ring is 1. The molecule has 1 saturated heterocycles. The number of nitroso groups, excluding NO2 is 1. The van der Waals surface area contributed by atoms with E-state index in [0.717, 1.165) is 5.56 Å². The zero-order valence-electron chi connectivity index (χ0n) is 18.9. The number of aliphatic hydroxyl groups excluding tert-OH is 1. The molecule has 186 valence electrons. The zero-order chi connectivity index (χ0) is 24.8. The van der Waals surface area contributed by atoms with Crippen LogP contribution >= 0.6 is 8.53 Å². The number of nitrogens with two attached hydrogens (primary N) is 1. The molecule has 3 aromatic rings. The molecule has 4 atom stereocenters. The summed E-state index contributed by atoms with van der Waals surface area (Å²) in [7, 11) is 0.0877. The summed E-state index contributed by atoms with van der Waals surface area (Å²) in [6.45, 7) is 0.753. The summed E-state index contributed by atoms with van der Waals surface area (Å²) in [5.41, 5.74) is 6.63. The maximum absolute atomic E-state index is 12.1. The Morgan fingerprint density at radius 3 is 2.83 bits per heavy atom. The molecule has 0 bridgehead atoms. The van der Waals surface area contributed by atoms with E-state index < -0.39 is 32.7 Å². The highest BCUT2D eigenvalue weighted by Gasteiger charge is 2.36. The van der Waals surface area contributed by atoms with Gasteiger partial charge in [0.15, 0.2) is 6.23 Å². The van der Waals surface area contributed by atoms with E-state index in [-0.39, 0.29) is 31.4 Å². The predicted molar refractivity (Wildman–Crippen MR) is 127 cm³/mol. The van der Waals surface area contributed by atoms with Gasteiger partial charge >= 0.3 is 5.69 Å². The molecule has 14 heteroatoms. The van der Waals surface area contributed by atoms with Gasteiger partial charge in [0.05, 0.1) is 31.2 Å². The van der Waals surface area contributed by atoms with Crippen molar-refractivity contribution < 1.29 is 18.9 Å². The van der Waals surface area contributed by atoms with Gasteiger partial charge in [-0.25, -0.2) is 14.9 Å². The third kappa shape index (κ3) is 6.34. The van der Waals surface area contributed by atoms with Crippen molar-refractivity contribution in [1.82, 2.24) is 24.2 Å². The van der Waals surface area contributed by atoms with E-state index >= 15 is 0 Å². The van der Waals surface area contributed by atoms with Gasteiger partial charge in [-0.2, -0.15) is 4.98 Å². The normalized spacial score (nSPS) is 20.7. The number of nitrogens with one attached hydrogen (secondary N) is 1. The fraction of sp³-hybridized carbons (Fsp3) is 0.381. The van der Waals surface area contributed by atoms with Gasteiger partial charge in [0, 0.05) is 31.4 Å². The standard InChI is InChI=1S/C21H26N7O6P/c1-27-15(11-23-20(27)26-31)12-32-35(24-10-14-5-3-2-4-6-14)33-13-16-9-17(29)19(34-16)28-8-7-18(22)25-21(28)30/h2-8,11,16-17,19,24,29H,9-10,12-13H2,1H3,(H2,22,25,30)/t16-,17-,19+,35?/m0/s1. The molecule has 13 nitrogen and oxygen atoms in total. The largest absolute Gasteiger partial charge is 0.388 e. The summed E-state index contributed by atoms with van der Waals surface area (Å²) in [5, 5.41) is 16.6. The van der Waals surface area contributed by atoms with Crippen LogP contribution in [0.4, 0.5) is 11.8 Å². The molecular weight excluding hydrogens is 477 g/mol. The van der Waals surface area contributed by atoms with E-state index in [9.17, 15) is 14.8 Å². The number of ether oxygens (including phenoxy) is 1. The Morgan fingerprint density at radius 2 is 2.11 bits per heavy atom. The van der Waals surface area contributed by atoms with Crippen LogP contribution in [0.2, 0.25) is 0 Å². The Labute approximate surface area is 201 Å². The lowest BCUT2D eigenvalue weighted by molar-refractivity contribution is -0.0506. The van der Waals surface area contributed by atoms with Crippen LogP contribution in [0.5, 0.6) is 0 Å². The zero-order valence-corrected chi connectivity index (χ0v) is 19.8. The third-order valence-corrected chi connectivity index (χ3v) is 6.56. The van der Waals surface area contributed by atoms with Crippen molar-refractivity contribution in [3.05, 3.63) is 75.4 Å². The maximum Gasteiger partial charge on any atom is 0.351 e. The number of hydrogen-bond donors (Lipinski definition) is 3. The van der Waals surface area contributed by atoms with Crippen molar-refractivity contribution in [3.63, 3.8) is 0 Å². The minimum atomic E-state index is -1.58. The number of rotatable bonds is 11. The van der Waals surface area contributed by atoms with Gasteiger partial charge in [-0.1, -0.05) is 30.3 Å². The van der Waals surface area contributed by atoms with E-state index in [0.29, 0.717) is 12.2 Å². The minimum absolute atomic E-state index is 0.0536. The first-order chi connectivity index (χ1) is 16.9. The lowest BCUT2D eigenvalue weighted by Gasteiger charge is -2.21. The monoisotopic (exact) mass is 503 g/mol. The number of aromatic nitrogens is 4. The van der Waals surface area contributed by atoms with Crippen LogP contribution in [-0.2, 0) is 34.0 Å². The Morgan fingerprint density at radius 1 is 1.31 bits per heavy atom. The molecule has 3 heterocycles. The summed E-state index contributed by atoms with van der Waals surface area (Å²) in [6.07, 6.45) is 0.932. The average molecular weight is 503 g/mol. The highest BCUT2D eigenvalue weighted by molar-refractivity contribution is 7.44. The number of hydrogen-bond acceptors (Lipinski definition) is 11. The molecule has 1 aliphatic rings. The van der Waals surface area contributed by atoms with Gasteiger partial charge in [0.2, 0.25) is 0 Å². The first kappa shape index (κ1) is 25.0. The molecule has 0 amide bonds. The number of nitrogens with zero attached hydrogens (tertiary/aromatic N) is 5. The molecule has 0 spiro atoms. The Bertz CT molecular complexity index is 1190. The molecule has 2 aromatic heterocycles. The van der Waals surface area contributed by atoms with Crippen molar-refractivity contribution in [2.24, 2.45) is 12.2 Å². The van der Waals surface area contributed by atoms with Gasteiger partial charge in [-0.3, -0.25) is 4.57 Å². The topological polar surface area (TPSA) is 168 Å². The predicted octanol–water partition coefficient (Wildman–Crippen LogP) is 1.86. The molecule has 4 rings (SSSR count). The van der Waals surface area contributed by atoms with Crippen LogP contribution in [0.25, 0.3) is 0 Å². The lowest BCUT2D eigenvalue weighted by atomic mass is 10.2. The summed E-state index contributed by atoms with van der Waals surface area (Å²) in [4.78, 5) is 30.5. The van der Waals surface area contributed by atoms with Crippen LogP contribution < -0.4 is 16.5 Å². The molecular formula is C21H26N7O6P. The number of anilines is 1. The molecule has 35 heavy (non-hydrogen) atoms. The van der Waals surface area contributed by atoms with Gasteiger partial charge < -0.3 is 29.2 Å². The highest BCUT2D eigenvalue weighted by atomic mass is 31.2. The quantitative estimate of drug-likeness (QED) is 0.259. The van der Waals surface area contributed by atoms with Gasteiger partial charge in [0.25, 0.3) is 14.5 Å². The molecule has 0 saturated carbocycles. The van der Waals surface area contributed by atoms with Crippen LogP contribution in [0.15, 0.2) is 58.8 Å². The van der Waals surface area contributed by atoms with Crippen molar-refractivity contribution >= 4 is 20.3 Å². The van der Waals surface area contributed by atoms with Gasteiger partial charge in [-0.15, -0.1) is 4.91 Å². The van der Waals surface area contributed by atoms with E-state index in [1.807, 2.05) is 30.3 Å². The first-order valence-electron chi connectivity index (χ1n) is 10.8. The smallest absolute Gasteiger partial charge is 0.351 e. The molecule has 1 aromatic carbocycles. The summed E-state index contributed by atoms with van der Waals surface area (Å²) in [5.74, 6) is 0.147. The molecule has 4 N–H and O–H groups in total. The highest BCUT2D eigenvalue weighted by Crippen LogP contribution is 2.38. The van der Waals surface area contributed by atoms with Crippen LogP contribution in [0.3, 0.4) is 0 Å². The number of aliphatic hydroxyl groups is 1. The fourth-order valence-corrected chi connectivity index (χ4v) is 4.64. The van der Waals surface area contributed by atoms with E-state index in [2.05, 4.69) is 20.2 Å². The second-order valence-electron chi connectivity index (χ2n) is 7.84. The van der Waals surface area contributed by atoms with Crippen LogP contribution in [0.1, 0.15) is 23.9 Å². The maximum atomic E-state index is 12.1.